The van der Waals surface area contributed by atoms with E-state index in [-0.39, 0.29) is 11.3 Å². The van der Waals surface area contributed by atoms with Gasteiger partial charge in [-0.3, -0.25) is 0 Å². The van der Waals surface area contributed by atoms with E-state index >= 15 is 0 Å². The zero-order valence-corrected chi connectivity index (χ0v) is 11.3. The highest BCUT2D eigenvalue weighted by Gasteiger charge is 2.15. The molecule has 0 unspecified atom stereocenters. The van der Waals surface area contributed by atoms with Crippen LogP contribution >= 0.6 is 0 Å². The van der Waals surface area contributed by atoms with Crippen LogP contribution in [-0.2, 0) is 0 Å². The van der Waals surface area contributed by atoms with E-state index in [4.69, 9.17) is 4.74 Å². The predicted octanol–water partition coefficient (Wildman–Crippen LogP) is 3.25. The van der Waals surface area contributed by atoms with Crippen LogP contribution < -0.4 is 4.74 Å². The first-order valence-electron chi connectivity index (χ1n) is 6.32. The van der Waals surface area contributed by atoms with Crippen LogP contribution in [0.15, 0.2) is 42.5 Å². The minimum atomic E-state index is -1.02. The molecule has 2 aromatic carbocycles. The van der Waals surface area contributed by atoms with E-state index < -0.39 is 5.97 Å². The van der Waals surface area contributed by atoms with Crippen LogP contribution in [0.2, 0.25) is 0 Å². The van der Waals surface area contributed by atoms with Gasteiger partial charge in [-0.2, -0.15) is 0 Å². The molecule has 0 aliphatic heterocycles. The molecule has 21 heavy (non-hydrogen) atoms. The maximum atomic E-state index is 11.4. The molecule has 0 bridgehead atoms. The summed E-state index contributed by atoms with van der Waals surface area (Å²) in [5.41, 5.74) is 2.23. The molecule has 0 aliphatic carbocycles. The van der Waals surface area contributed by atoms with Crippen LogP contribution in [0.5, 0.6) is 11.5 Å². The normalized spacial score (nSPS) is 10.7. The van der Waals surface area contributed by atoms with Gasteiger partial charge in [0.25, 0.3) is 0 Å². The van der Waals surface area contributed by atoms with Crippen LogP contribution in [-0.4, -0.2) is 28.3 Å². The van der Waals surface area contributed by atoms with Crippen LogP contribution in [0.25, 0.3) is 22.2 Å². The summed E-state index contributed by atoms with van der Waals surface area (Å²) >= 11 is 0. The fourth-order valence-electron chi connectivity index (χ4n) is 2.33. The Balaban J connectivity index is 2.19. The van der Waals surface area contributed by atoms with Crippen molar-refractivity contribution in [3.05, 3.63) is 48.0 Å². The zero-order valence-electron chi connectivity index (χ0n) is 11.3. The number of hydrogen-bond acceptors (Lipinski definition) is 3. The van der Waals surface area contributed by atoms with Gasteiger partial charge in [-0.15, -0.1) is 0 Å². The number of phenolic OH excluding ortho intramolecular Hbond substituents is 1. The lowest BCUT2D eigenvalue weighted by molar-refractivity contribution is 0.0697. The van der Waals surface area contributed by atoms with Crippen molar-refractivity contribution in [2.75, 3.05) is 7.11 Å². The number of carboxylic acids is 1. The summed E-state index contributed by atoms with van der Waals surface area (Å²) in [5, 5.41) is 19.7. The van der Waals surface area contributed by atoms with Gasteiger partial charge in [0.15, 0.2) is 0 Å². The number of phenols is 1. The predicted molar refractivity (Wildman–Crippen MR) is 78.9 cm³/mol. The number of hydrogen-bond donors (Lipinski definition) is 3. The monoisotopic (exact) mass is 283 g/mol. The van der Waals surface area contributed by atoms with E-state index in [0.717, 1.165) is 10.9 Å². The van der Waals surface area contributed by atoms with E-state index in [2.05, 4.69) is 4.98 Å². The second-order valence-corrected chi connectivity index (χ2v) is 4.67. The molecule has 3 rings (SSSR count). The second-order valence-electron chi connectivity index (χ2n) is 4.67. The lowest BCUT2D eigenvalue weighted by Crippen LogP contribution is -2.00. The Hall–Kier alpha value is -2.95. The van der Waals surface area contributed by atoms with E-state index in [0.29, 0.717) is 17.0 Å². The topological polar surface area (TPSA) is 82.5 Å². The molecule has 0 spiro atoms. The van der Waals surface area contributed by atoms with Gasteiger partial charge in [0.1, 0.15) is 11.5 Å². The number of aromatic amines is 1. The number of rotatable bonds is 3. The molecule has 0 amide bonds. The number of carbonyl (C=O) groups is 1. The Kier molecular flexibility index (Phi) is 3.02. The van der Waals surface area contributed by atoms with Crippen molar-refractivity contribution in [1.82, 2.24) is 4.98 Å². The van der Waals surface area contributed by atoms with Crippen molar-refractivity contribution >= 4 is 16.9 Å². The molecular weight excluding hydrogens is 270 g/mol. The third-order valence-corrected chi connectivity index (χ3v) is 3.35. The van der Waals surface area contributed by atoms with Gasteiger partial charge in [-0.05, 0) is 42.5 Å². The van der Waals surface area contributed by atoms with Gasteiger partial charge in [0, 0.05) is 22.2 Å². The summed E-state index contributed by atoms with van der Waals surface area (Å²) in [5.74, 6) is -0.364. The largest absolute Gasteiger partial charge is 0.508 e. The fourth-order valence-corrected chi connectivity index (χ4v) is 2.33. The molecule has 1 aromatic heterocycles. The maximum absolute atomic E-state index is 11.4. The summed E-state index contributed by atoms with van der Waals surface area (Å²) in [6.07, 6.45) is 0. The average molecular weight is 283 g/mol. The standard InChI is InChI=1S/C16H13NO4/c1-21-11-3-4-12(13(8-11)16(19)20)15-7-9-6-10(18)2-5-14(9)17-15/h2-8,17-18H,1H3,(H,19,20). The number of methoxy groups -OCH3 is 1. The number of ether oxygens (including phenoxy) is 1. The van der Waals surface area contributed by atoms with E-state index in [1.807, 2.05) is 6.07 Å². The summed E-state index contributed by atoms with van der Waals surface area (Å²) in [7, 11) is 1.49. The summed E-state index contributed by atoms with van der Waals surface area (Å²) < 4.78 is 5.06. The van der Waals surface area contributed by atoms with E-state index in [1.165, 1.54) is 13.2 Å². The quantitative estimate of drug-likeness (QED) is 0.689. The molecule has 0 fully saturated rings. The summed E-state index contributed by atoms with van der Waals surface area (Å²) in [6.45, 7) is 0. The first kappa shape index (κ1) is 13.1. The molecule has 0 atom stereocenters. The van der Waals surface area contributed by atoms with Gasteiger partial charge >= 0.3 is 5.97 Å². The minimum Gasteiger partial charge on any atom is -0.508 e. The minimum absolute atomic E-state index is 0.158. The molecule has 0 saturated carbocycles. The molecular formula is C16H13NO4. The van der Waals surface area contributed by atoms with E-state index in [1.54, 1.807) is 30.3 Å². The fraction of sp³-hybridized carbons (Fsp3) is 0.0625. The zero-order chi connectivity index (χ0) is 15.0. The van der Waals surface area contributed by atoms with Crippen molar-refractivity contribution in [2.24, 2.45) is 0 Å². The van der Waals surface area contributed by atoms with Crippen LogP contribution in [0.1, 0.15) is 10.4 Å². The molecule has 106 valence electrons. The number of nitrogens with one attached hydrogen (secondary N) is 1. The van der Waals surface area contributed by atoms with Crippen LogP contribution in [0, 0.1) is 0 Å². The molecule has 5 heteroatoms. The van der Waals surface area contributed by atoms with Crippen LogP contribution in [0.3, 0.4) is 0 Å². The lowest BCUT2D eigenvalue weighted by atomic mass is 10.0. The van der Waals surface area contributed by atoms with Crippen molar-refractivity contribution in [3.63, 3.8) is 0 Å². The Labute approximate surface area is 120 Å². The van der Waals surface area contributed by atoms with Gasteiger partial charge in [-0.25, -0.2) is 4.79 Å². The molecule has 0 aliphatic rings. The lowest BCUT2D eigenvalue weighted by Gasteiger charge is -2.06. The summed E-state index contributed by atoms with van der Waals surface area (Å²) in [6, 6.07) is 11.7. The van der Waals surface area contributed by atoms with Crippen LogP contribution in [0.4, 0.5) is 0 Å². The molecule has 1 heterocycles. The van der Waals surface area contributed by atoms with Gasteiger partial charge in [0.2, 0.25) is 0 Å². The molecule has 3 aromatic rings. The third-order valence-electron chi connectivity index (χ3n) is 3.35. The first-order chi connectivity index (χ1) is 10.1. The van der Waals surface area contributed by atoms with Gasteiger partial charge in [0.05, 0.1) is 12.7 Å². The molecule has 5 nitrogen and oxygen atoms in total. The van der Waals surface area contributed by atoms with Gasteiger partial charge < -0.3 is 19.9 Å². The van der Waals surface area contributed by atoms with Crippen molar-refractivity contribution in [3.8, 4) is 22.8 Å². The average Bonchev–Trinajstić information content (AvgIpc) is 2.89. The highest BCUT2D eigenvalue weighted by atomic mass is 16.5. The van der Waals surface area contributed by atoms with Crippen molar-refractivity contribution < 1.29 is 19.7 Å². The summed E-state index contributed by atoms with van der Waals surface area (Å²) in [4.78, 5) is 14.6. The molecule has 0 saturated heterocycles. The Morgan fingerprint density at radius 3 is 2.67 bits per heavy atom. The number of benzene rings is 2. The smallest absolute Gasteiger partial charge is 0.336 e. The molecule has 0 radical (unpaired) electrons. The van der Waals surface area contributed by atoms with Crippen molar-refractivity contribution in [1.29, 1.82) is 0 Å². The van der Waals surface area contributed by atoms with E-state index in [9.17, 15) is 15.0 Å². The number of H-pyrrole nitrogens is 1. The SMILES string of the molecule is COc1ccc(-c2cc3cc(O)ccc3[nH]2)c(C(=O)O)c1. The third kappa shape index (κ3) is 2.29. The van der Waals surface area contributed by atoms with Crippen molar-refractivity contribution in [2.45, 2.75) is 0 Å². The Bertz CT molecular complexity index is 835. The number of carboxylic acid groups (broad SMARTS) is 1. The highest BCUT2D eigenvalue weighted by molar-refractivity contribution is 5.98. The Morgan fingerprint density at radius 2 is 1.95 bits per heavy atom. The highest BCUT2D eigenvalue weighted by Crippen LogP contribution is 2.30. The maximum Gasteiger partial charge on any atom is 0.336 e. The second kappa shape index (κ2) is 4.86. The first-order valence-corrected chi connectivity index (χ1v) is 6.32. The number of aromatic carboxylic acids is 1. The number of aromatic hydroxyl groups is 1. The number of fused-ring (bicyclic) bond motifs is 1. The molecule has 3 N–H and O–H groups in total. The van der Waals surface area contributed by atoms with Gasteiger partial charge in [-0.1, -0.05) is 0 Å². The number of aromatic nitrogens is 1. The Morgan fingerprint density at radius 1 is 1.14 bits per heavy atom.